The molecule has 3 atom stereocenters. The Morgan fingerprint density at radius 3 is 2.48 bits per heavy atom. The molecule has 2 N–H and O–H groups in total. The smallest absolute Gasteiger partial charge is 0.282 e. The molecule has 1 aromatic carbocycles. The van der Waals surface area contributed by atoms with Gasteiger partial charge in [0.15, 0.2) is 6.04 Å². The first-order valence-corrected chi connectivity index (χ1v) is 7.75. The lowest BCUT2D eigenvalue weighted by Gasteiger charge is -2.35. The van der Waals surface area contributed by atoms with Crippen LogP contribution in [0.1, 0.15) is 31.9 Å². The second-order valence-corrected chi connectivity index (χ2v) is 6.35. The summed E-state index contributed by atoms with van der Waals surface area (Å²) in [4.78, 5) is 13.8. The summed E-state index contributed by atoms with van der Waals surface area (Å²) in [6, 6.07) is 6.03. The predicted molar refractivity (Wildman–Crippen MR) is 84.7 cm³/mol. The second-order valence-electron chi connectivity index (χ2n) is 6.35. The van der Waals surface area contributed by atoms with Crippen molar-refractivity contribution in [1.29, 1.82) is 0 Å². The Bertz CT molecular complexity index is 506. The highest BCUT2D eigenvalue weighted by Gasteiger charge is 2.33. The fourth-order valence-electron chi connectivity index (χ4n) is 3.05. The summed E-state index contributed by atoms with van der Waals surface area (Å²) in [6.45, 7) is 12.0. The standard InChI is InChI=1S/C17H26N2O2/c1-11-6-7-16(12(2)8-11)18-17(20)15(5)19-9-13(3)21-14(4)10-19/h6-8,13-15H,9-10H2,1-5H3,(H,18,20)/p+1/t13-,14-,15+/m1/s1. The minimum absolute atomic E-state index is 0.0699. The van der Waals surface area contributed by atoms with E-state index in [9.17, 15) is 4.79 Å². The lowest BCUT2D eigenvalue weighted by atomic mass is 10.1. The summed E-state index contributed by atoms with van der Waals surface area (Å²) in [5.74, 6) is 0.0817. The van der Waals surface area contributed by atoms with Gasteiger partial charge >= 0.3 is 0 Å². The van der Waals surface area contributed by atoms with Crippen molar-refractivity contribution in [2.24, 2.45) is 0 Å². The average Bonchev–Trinajstić information content (AvgIpc) is 2.40. The number of amides is 1. The van der Waals surface area contributed by atoms with Crippen molar-refractivity contribution in [2.45, 2.75) is 52.9 Å². The number of hydrogen-bond acceptors (Lipinski definition) is 2. The lowest BCUT2D eigenvalue weighted by molar-refractivity contribution is -0.928. The number of carbonyl (C=O) groups excluding carboxylic acids is 1. The monoisotopic (exact) mass is 291 g/mol. The number of quaternary nitrogens is 1. The molecule has 1 saturated heterocycles. The molecule has 116 valence electrons. The lowest BCUT2D eigenvalue weighted by Crippen LogP contribution is -3.19. The first-order chi connectivity index (χ1) is 9.86. The van der Waals surface area contributed by atoms with Crippen LogP contribution in [0.2, 0.25) is 0 Å². The van der Waals surface area contributed by atoms with Gasteiger partial charge in [-0.3, -0.25) is 4.79 Å². The molecule has 1 fully saturated rings. The number of ether oxygens (including phenoxy) is 1. The van der Waals surface area contributed by atoms with E-state index in [-0.39, 0.29) is 24.2 Å². The molecule has 1 aliphatic heterocycles. The molecule has 1 aliphatic rings. The van der Waals surface area contributed by atoms with Crippen LogP contribution >= 0.6 is 0 Å². The molecule has 0 aliphatic carbocycles. The quantitative estimate of drug-likeness (QED) is 0.882. The molecule has 1 heterocycles. The summed E-state index contributed by atoms with van der Waals surface area (Å²) < 4.78 is 5.74. The van der Waals surface area contributed by atoms with Crippen LogP contribution in [-0.2, 0) is 9.53 Å². The van der Waals surface area contributed by atoms with Crippen molar-refractivity contribution in [1.82, 2.24) is 0 Å². The van der Waals surface area contributed by atoms with Crippen LogP contribution in [0, 0.1) is 13.8 Å². The molecular weight excluding hydrogens is 264 g/mol. The van der Waals surface area contributed by atoms with Crippen molar-refractivity contribution in [3.05, 3.63) is 29.3 Å². The number of carbonyl (C=O) groups is 1. The molecule has 1 amide bonds. The average molecular weight is 291 g/mol. The van der Waals surface area contributed by atoms with E-state index in [4.69, 9.17) is 4.74 Å². The normalized spacial score (nSPS) is 27.2. The molecule has 0 saturated carbocycles. The topological polar surface area (TPSA) is 42.8 Å². The van der Waals surface area contributed by atoms with Crippen LogP contribution < -0.4 is 10.2 Å². The molecular formula is C17H27N2O2+. The zero-order chi connectivity index (χ0) is 15.6. The van der Waals surface area contributed by atoms with Gasteiger partial charge in [-0.15, -0.1) is 0 Å². The molecule has 0 radical (unpaired) electrons. The van der Waals surface area contributed by atoms with Gasteiger partial charge in [-0.25, -0.2) is 0 Å². The number of anilines is 1. The van der Waals surface area contributed by atoms with Gasteiger partial charge in [0.1, 0.15) is 25.3 Å². The number of rotatable bonds is 3. The van der Waals surface area contributed by atoms with Gasteiger partial charge in [-0.2, -0.15) is 0 Å². The maximum absolute atomic E-state index is 12.5. The number of morpholine rings is 1. The van der Waals surface area contributed by atoms with Crippen LogP contribution in [0.4, 0.5) is 5.69 Å². The van der Waals surface area contributed by atoms with Crippen molar-refractivity contribution >= 4 is 11.6 Å². The van der Waals surface area contributed by atoms with Gasteiger partial charge in [0.25, 0.3) is 5.91 Å². The summed E-state index contributed by atoms with van der Waals surface area (Å²) in [6.07, 6.45) is 0.417. The molecule has 4 heteroatoms. The Morgan fingerprint density at radius 1 is 1.29 bits per heavy atom. The van der Waals surface area contributed by atoms with Crippen LogP contribution in [-0.4, -0.2) is 37.2 Å². The van der Waals surface area contributed by atoms with E-state index in [1.165, 1.54) is 10.5 Å². The van der Waals surface area contributed by atoms with Gasteiger partial charge in [0.05, 0.1) is 0 Å². The zero-order valence-corrected chi connectivity index (χ0v) is 13.7. The minimum atomic E-state index is -0.0699. The van der Waals surface area contributed by atoms with E-state index >= 15 is 0 Å². The van der Waals surface area contributed by atoms with E-state index in [1.807, 2.05) is 26.0 Å². The highest BCUT2D eigenvalue weighted by molar-refractivity contribution is 5.94. The number of hydrogen-bond donors (Lipinski definition) is 2. The third kappa shape index (κ3) is 4.05. The van der Waals surface area contributed by atoms with Crippen LogP contribution in [0.3, 0.4) is 0 Å². The summed E-state index contributed by atoms with van der Waals surface area (Å²) in [5.41, 5.74) is 3.22. The van der Waals surface area contributed by atoms with Crippen molar-refractivity contribution in [3.63, 3.8) is 0 Å². The third-order valence-electron chi connectivity index (χ3n) is 4.21. The highest BCUT2D eigenvalue weighted by atomic mass is 16.5. The van der Waals surface area contributed by atoms with Crippen molar-refractivity contribution < 1.29 is 14.4 Å². The molecule has 0 aromatic heterocycles. The fraction of sp³-hybridized carbons (Fsp3) is 0.588. The van der Waals surface area contributed by atoms with Gasteiger partial charge < -0.3 is 15.0 Å². The Balaban J connectivity index is 2.02. The number of nitrogens with one attached hydrogen (secondary N) is 2. The molecule has 0 unspecified atom stereocenters. The maximum atomic E-state index is 12.5. The molecule has 1 aromatic rings. The van der Waals surface area contributed by atoms with Crippen LogP contribution in [0.25, 0.3) is 0 Å². The van der Waals surface area contributed by atoms with Crippen LogP contribution in [0.5, 0.6) is 0 Å². The van der Waals surface area contributed by atoms with E-state index < -0.39 is 0 Å². The van der Waals surface area contributed by atoms with Gasteiger partial charge in [-0.1, -0.05) is 17.7 Å². The molecule has 0 bridgehead atoms. The fourth-order valence-corrected chi connectivity index (χ4v) is 3.05. The first-order valence-electron chi connectivity index (χ1n) is 7.75. The second kappa shape index (κ2) is 6.58. The highest BCUT2D eigenvalue weighted by Crippen LogP contribution is 2.16. The summed E-state index contributed by atoms with van der Waals surface area (Å²) >= 11 is 0. The van der Waals surface area contributed by atoms with E-state index in [2.05, 4.69) is 32.2 Å². The van der Waals surface area contributed by atoms with Crippen molar-refractivity contribution in [2.75, 3.05) is 18.4 Å². The first kappa shape index (κ1) is 16.0. The SMILES string of the molecule is Cc1ccc(NC(=O)[C@H](C)[NH+]2C[C@@H](C)O[C@H](C)C2)c(C)c1. The molecule has 0 spiro atoms. The summed E-state index contributed by atoms with van der Waals surface area (Å²) in [7, 11) is 0. The predicted octanol–water partition coefficient (Wildman–Crippen LogP) is 1.32. The Kier molecular flexibility index (Phi) is 5.01. The van der Waals surface area contributed by atoms with Gasteiger partial charge in [0.2, 0.25) is 0 Å². The Morgan fingerprint density at radius 2 is 1.90 bits per heavy atom. The zero-order valence-electron chi connectivity index (χ0n) is 13.7. The largest absolute Gasteiger partial charge is 0.364 e. The van der Waals surface area contributed by atoms with E-state index in [0.717, 1.165) is 24.3 Å². The molecule has 2 rings (SSSR count). The summed E-state index contributed by atoms with van der Waals surface area (Å²) in [5, 5.41) is 3.06. The Labute approximate surface area is 127 Å². The minimum Gasteiger partial charge on any atom is -0.364 e. The number of aryl methyl sites for hydroxylation is 2. The Hall–Kier alpha value is -1.39. The van der Waals surface area contributed by atoms with Gasteiger partial charge in [-0.05, 0) is 46.2 Å². The van der Waals surface area contributed by atoms with E-state index in [0.29, 0.717) is 0 Å². The van der Waals surface area contributed by atoms with Crippen molar-refractivity contribution in [3.8, 4) is 0 Å². The van der Waals surface area contributed by atoms with E-state index in [1.54, 1.807) is 0 Å². The third-order valence-corrected chi connectivity index (χ3v) is 4.21. The van der Waals surface area contributed by atoms with Crippen LogP contribution in [0.15, 0.2) is 18.2 Å². The molecule has 21 heavy (non-hydrogen) atoms. The molecule has 4 nitrogen and oxygen atoms in total. The maximum Gasteiger partial charge on any atom is 0.282 e. The number of benzene rings is 1. The van der Waals surface area contributed by atoms with Gasteiger partial charge in [0, 0.05) is 5.69 Å².